The minimum atomic E-state index is -0.427. The second-order valence-electron chi connectivity index (χ2n) is 4.85. The second-order valence-corrected chi connectivity index (χ2v) is 6.51. The van der Waals surface area contributed by atoms with Gasteiger partial charge in [-0.25, -0.2) is 0 Å². The Labute approximate surface area is 139 Å². The third-order valence-corrected chi connectivity index (χ3v) is 4.26. The summed E-state index contributed by atoms with van der Waals surface area (Å²) in [5, 5.41) is 3.43. The molecule has 0 fully saturated rings. The molecule has 0 aliphatic carbocycles. The van der Waals surface area contributed by atoms with E-state index in [1.54, 1.807) is 12.1 Å². The summed E-state index contributed by atoms with van der Waals surface area (Å²) >= 11 is 8.23. The van der Waals surface area contributed by atoms with Crippen LogP contribution < -0.4 is 11.1 Å². The van der Waals surface area contributed by atoms with Crippen molar-refractivity contribution in [1.29, 1.82) is 0 Å². The van der Waals surface area contributed by atoms with Gasteiger partial charge in [-0.05, 0) is 53.6 Å². The maximum absolute atomic E-state index is 12.2. The first-order chi connectivity index (χ1) is 8.30. The van der Waals surface area contributed by atoms with Crippen LogP contribution in [0.5, 0.6) is 0 Å². The lowest BCUT2D eigenvalue weighted by Gasteiger charge is -2.33. The normalized spacial score (nSPS) is 13.6. The van der Waals surface area contributed by atoms with Crippen molar-refractivity contribution in [1.82, 2.24) is 5.32 Å². The summed E-state index contributed by atoms with van der Waals surface area (Å²) in [6.07, 6.45) is 0. The zero-order valence-corrected chi connectivity index (χ0v) is 14.9. The van der Waals surface area contributed by atoms with Crippen LogP contribution in [0, 0.1) is 9.49 Å². The quantitative estimate of drug-likeness (QED) is 0.738. The summed E-state index contributed by atoms with van der Waals surface area (Å²) in [7, 11) is 0. The van der Waals surface area contributed by atoms with Gasteiger partial charge in [0.2, 0.25) is 0 Å². The van der Waals surface area contributed by atoms with Gasteiger partial charge in [0.05, 0.1) is 16.1 Å². The summed E-state index contributed by atoms with van der Waals surface area (Å²) in [6, 6.07) is 5.36. The molecule has 0 aliphatic rings. The van der Waals surface area contributed by atoms with Crippen LogP contribution >= 0.6 is 46.6 Å². The summed E-state index contributed by atoms with van der Waals surface area (Å²) in [4.78, 5) is 12.2. The first kappa shape index (κ1) is 19.0. The first-order valence-corrected chi connectivity index (χ1v) is 7.23. The van der Waals surface area contributed by atoms with E-state index in [9.17, 15) is 4.79 Å². The Hall–Kier alpha value is -0.0400. The molecule has 0 saturated heterocycles. The number of benzene rings is 1. The molecule has 19 heavy (non-hydrogen) atoms. The lowest BCUT2D eigenvalue weighted by Crippen LogP contribution is -2.55. The number of rotatable bonds is 4. The van der Waals surface area contributed by atoms with Gasteiger partial charge in [-0.1, -0.05) is 25.4 Å². The number of nitrogens with two attached hydrogens (primary N) is 1. The Balaban J connectivity index is 0.00000324. The van der Waals surface area contributed by atoms with Crippen molar-refractivity contribution in [3.8, 4) is 0 Å². The number of halogens is 3. The Kier molecular flexibility index (Phi) is 7.65. The van der Waals surface area contributed by atoms with E-state index in [0.717, 1.165) is 3.57 Å². The molecular weight excluding hydrogens is 398 g/mol. The van der Waals surface area contributed by atoms with E-state index in [1.165, 1.54) is 0 Å². The van der Waals surface area contributed by atoms with Crippen molar-refractivity contribution < 1.29 is 4.79 Å². The Morgan fingerprint density at radius 2 is 2.11 bits per heavy atom. The molecule has 1 amide bonds. The van der Waals surface area contributed by atoms with Gasteiger partial charge in [-0.2, -0.15) is 0 Å². The Morgan fingerprint density at radius 1 is 1.53 bits per heavy atom. The monoisotopic (exact) mass is 416 g/mol. The molecule has 0 spiro atoms. The van der Waals surface area contributed by atoms with E-state index in [1.807, 2.05) is 26.8 Å². The molecule has 108 valence electrons. The minimum absolute atomic E-state index is 0. The Bertz CT molecular complexity index is 454. The van der Waals surface area contributed by atoms with Gasteiger partial charge in [0.15, 0.2) is 0 Å². The highest BCUT2D eigenvalue weighted by atomic mass is 127. The van der Waals surface area contributed by atoms with Crippen LogP contribution in [0.25, 0.3) is 0 Å². The molecule has 0 heterocycles. The highest BCUT2D eigenvalue weighted by Gasteiger charge is 2.29. The lowest BCUT2D eigenvalue weighted by molar-refractivity contribution is 0.0883. The molecule has 3 nitrogen and oxygen atoms in total. The lowest BCUT2D eigenvalue weighted by atomic mass is 9.88. The van der Waals surface area contributed by atoms with E-state index in [0.29, 0.717) is 17.1 Å². The van der Waals surface area contributed by atoms with Gasteiger partial charge in [-0.3, -0.25) is 4.79 Å². The summed E-state index contributed by atoms with van der Waals surface area (Å²) in [6.45, 7) is 6.39. The number of hydrogen-bond donors (Lipinski definition) is 2. The number of carbonyl (C=O) groups is 1. The van der Waals surface area contributed by atoms with Crippen LogP contribution in [0.3, 0.4) is 0 Å². The van der Waals surface area contributed by atoms with Crippen LogP contribution in [0.4, 0.5) is 0 Å². The van der Waals surface area contributed by atoms with Crippen molar-refractivity contribution in [2.24, 2.45) is 11.7 Å². The standard InChI is InChI=1S/C13H18ClIN2O.ClH/c1-8(2)13(3,7-16)17-12(18)10-5-4-9(15)6-11(10)14;/h4-6,8H,7,16H2,1-3H3,(H,17,18);1H. The zero-order valence-electron chi connectivity index (χ0n) is 11.2. The molecule has 0 aromatic heterocycles. The fourth-order valence-corrected chi connectivity index (χ4v) is 2.37. The fraction of sp³-hybridized carbons (Fsp3) is 0.462. The van der Waals surface area contributed by atoms with Crippen molar-refractivity contribution >= 4 is 52.5 Å². The number of carbonyl (C=O) groups excluding carboxylic acids is 1. The predicted molar refractivity (Wildman–Crippen MR) is 91.2 cm³/mol. The SMILES string of the molecule is CC(C)C(C)(CN)NC(=O)c1ccc(I)cc1Cl.Cl. The maximum Gasteiger partial charge on any atom is 0.253 e. The minimum Gasteiger partial charge on any atom is -0.345 e. The maximum atomic E-state index is 12.2. The van der Waals surface area contributed by atoms with E-state index >= 15 is 0 Å². The highest BCUT2D eigenvalue weighted by Crippen LogP contribution is 2.21. The topological polar surface area (TPSA) is 55.1 Å². The summed E-state index contributed by atoms with van der Waals surface area (Å²) in [5.41, 5.74) is 5.80. The van der Waals surface area contributed by atoms with Gasteiger partial charge >= 0.3 is 0 Å². The largest absolute Gasteiger partial charge is 0.345 e. The first-order valence-electron chi connectivity index (χ1n) is 5.78. The van der Waals surface area contributed by atoms with E-state index in [2.05, 4.69) is 27.9 Å². The van der Waals surface area contributed by atoms with Crippen molar-refractivity contribution in [2.75, 3.05) is 6.54 Å². The van der Waals surface area contributed by atoms with E-state index in [4.69, 9.17) is 17.3 Å². The van der Waals surface area contributed by atoms with Gasteiger partial charge in [-0.15, -0.1) is 12.4 Å². The zero-order chi connectivity index (χ0) is 13.9. The third kappa shape index (κ3) is 4.77. The van der Waals surface area contributed by atoms with Crippen LogP contribution in [0.15, 0.2) is 18.2 Å². The molecule has 1 atom stereocenters. The third-order valence-electron chi connectivity index (χ3n) is 3.27. The molecule has 0 radical (unpaired) electrons. The molecule has 0 saturated carbocycles. The van der Waals surface area contributed by atoms with Crippen LogP contribution in [0.1, 0.15) is 31.1 Å². The van der Waals surface area contributed by atoms with E-state index < -0.39 is 5.54 Å². The molecule has 1 unspecified atom stereocenters. The number of nitrogens with one attached hydrogen (secondary N) is 1. The van der Waals surface area contributed by atoms with Crippen LogP contribution in [-0.4, -0.2) is 18.0 Å². The van der Waals surface area contributed by atoms with Crippen molar-refractivity contribution in [3.05, 3.63) is 32.4 Å². The molecule has 3 N–H and O–H groups in total. The number of amides is 1. The summed E-state index contributed by atoms with van der Waals surface area (Å²) < 4.78 is 1.000. The molecule has 1 aromatic carbocycles. The van der Waals surface area contributed by atoms with Crippen LogP contribution in [0.2, 0.25) is 5.02 Å². The van der Waals surface area contributed by atoms with Crippen molar-refractivity contribution in [3.63, 3.8) is 0 Å². The summed E-state index contributed by atoms with van der Waals surface area (Å²) in [5.74, 6) is 0.0622. The molecule has 6 heteroatoms. The smallest absolute Gasteiger partial charge is 0.253 e. The Morgan fingerprint density at radius 3 is 2.53 bits per heavy atom. The molecule has 0 bridgehead atoms. The van der Waals surface area contributed by atoms with Crippen LogP contribution in [-0.2, 0) is 0 Å². The van der Waals surface area contributed by atoms with Gasteiger partial charge in [0.25, 0.3) is 5.91 Å². The molecule has 1 rings (SSSR count). The number of hydrogen-bond acceptors (Lipinski definition) is 2. The molecule has 1 aromatic rings. The average molecular weight is 417 g/mol. The highest BCUT2D eigenvalue weighted by molar-refractivity contribution is 14.1. The molecular formula is C13H19Cl2IN2O. The second kappa shape index (κ2) is 7.67. The predicted octanol–water partition coefficient (Wildman–Crippen LogP) is 3.47. The van der Waals surface area contributed by atoms with Gasteiger partial charge < -0.3 is 11.1 Å². The van der Waals surface area contributed by atoms with Gasteiger partial charge in [0, 0.05) is 10.1 Å². The van der Waals surface area contributed by atoms with Crippen molar-refractivity contribution in [2.45, 2.75) is 26.3 Å². The average Bonchev–Trinajstić information content (AvgIpc) is 2.28. The molecule has 0 aliphatic heterocycles. The van der Waals surface area contributed by atoms with E-state index in [-0.39, 0.29) is 24.2 Å². The van der Waals surface area contributed by atoms with Gasteiger partial charge in [0.1, 0.15) is 0 Å². The fourth-order valence-electron chi connectivity index (χ4n) is 1.43.